The zero-order valence-corrected chi connectivity index (χ0v) is 16.4. The van der Waals surface area contributed by atoms with Gasteiger partial charge >= 0.3 is 5.97 Å². The fourth-order valence-corrected chi connectivity index (χ4v) is 5.13. The Kier molecular flexibility index (Phi) is 4.80. The molecule has 1 saturated carbocycles. The lowest BCUT2D eigenvalue weighted by Gasteiger charge is -2.39. The Morgan fingerprint density at radius 1 is 1.28 bits per heavy atom. The summed E-state index contributed by atoms with van der Waals surface area (Å²) in [5.41, 5.74) is 2.20. The highest BCUT2D eigenvalue weighted by Crippen LogP contribution is 2.52. The molecule has 2 aliphatic rings. The highest BCUT2D eigenvalue weighted by Gasteiger charge is 2.50. The van der Waals surface area contributed by atoms with E-state index in [1.54, 1.807) is 19.1 Å². The van der Waals surface area contributed by atoms with Gasteiger partial charge in [0.25, 0.3) is 0 Å². The van der Waals surface area contributed by atoms with Crippen LogP contribution in [0.1, 0.15) is 57.3 Å². The van der Waals surface area contributed by atoms with Crippen molar-refractivity contribution in [3.05, 3.63) is 29.8 Å². The normalized spacial score (nSPS) is 27.0. The van der Waals surface area contributed by atoms with Crippen molar-refractivity contribution >= 4 is 29.0 Å². The van der Waals surface area contributed by atoms with Crippen molar-refractivity contribution in [2.75, 3.05) is 18.5 Å². The number of hydrogen-bond donors (Lipinski definition) is 1. The number of nitrogens with zero attached hydrogens (tertiary/aromatic N) is 1. The molecule has 1 N–H and O–H groups in total. The van der Waals surface area contributed by atoms with E-state index in [0.717, 1.165) is 17.3 Å². The van der Waals surface area contributed by atoms with Gasteiger partial charge in [-0.15, -0.1) is 0 Å². The molecule has 2 atom stereocenters. The summed E-state index contributed by atoms with van der Waals surface area (Å²) in [4.78, 5) is 14.1. The number of benzene rings is 1. The summed E-state index contributed by atoms with van der Waals surface area (Å²) in [5.74, 6) is -0.292. The van der Waals surface area contributed by atoms with E-state index in [1.807, 2.05) is 12.1 Å². The van der Waals surface area contributed by atoms with E-state index in [4.69, 9.17) is 17.0 Å². The van der Waals surface area contributed by atoms with Crippen LogP contribution in [-0.4, -0.2) is 35.2 Å². The largest absolute Gasteiger partial charge is 0.462 e. The summed E-state index contributed by atoms with van der Waals surface area (Å²) in [6.07, 6.45) is 3.66. The molecule has 3 rings (SSSR count). The van der Waals surface area contributed by atoms with Crippen LogP contribution in [0.5, 0.6) is 0 Å². The Hall–Kier alpha value is -1.62. The molecule has 25 heavy (non-hydrogen) atoms. The average Bonchev–Trinajstić information content (AvgIpc) is 2.77. The summed E-state index contributed by atoms with van der Waals surface area (Å²) in [6, 6.07) is 7.83. The van der Waals surface area contributed by atoms with Gasteiger partial charge in [-0.3, -0.25) is 0 Å². The Balaban J connectivity index is 1.66. The second-order valence-electron chi connectivity index (χ2n) is 8.57. The summed E-state index contributed by atoms with van der Waals surface area (Å²) in [7, 11) is 0. The number of likely N-dealkylation sites (tertiary alicyclic amines) is 1. The first-order valence-corrected chi connectivity index (χ1v) is 9.47. The number of nitrogens with one attached hydrogen (secondary N) is 1. The fraction of sp³-hybridized carbons (Fsp3) is 0.600. The minimum atomic E-state index is -0.292. The lowest BCUT2D eigenvalue weighted by Crippen LogP contribution is -2.39. The minimum absolute atomic E-state index is 0.292. The van der Waals surface area contributed by atoms with E-state index in [9.17, 15) is 4.79 Å². The van der Waals surface area contributed by atoms with Crippen molar-refractivity contribution in [3.63, 3.8) is 0 Å². The maximum absolute atomic E-state index is 11.7. The molecule has 136 valence electrons. The maximum Gasteiger partial charge on any atom is 0.338 e. The van der Waals surface area contributed by atoms with Crippen LogP contribution in [-0.2, 0) is 4.74 Å². The number of rotatable bonds is 3. The van der Waals surface area contributed by atoms with Crippen molar-refractivity contribution in [1.29, 1.82) is 0 Å². The standard InChI is InChI=1S/C20H28N2O2S/c1-5-24-17(23)14-6-8-15(9-7-14)21-18(25)22-13-20(4)11-16(22)10-19(2,3)12-20/h6-9,16H,5,10-13H2,1-4H3,(H,21,25). The van der Waals surface area contributed by atoms with Crippen LogP contribution in [0.25, 0.3) is 0 Å². The van der Waals surface area contributed by atoms with Gasteiger partial charge in [0.2, 0.25) is 0 Å². The second kappa shape index (κ2) is 6.60. The molecular weight excluding hydrogens is 332 g/mol. The van der Waals surface area contributed by atoms with Crippen LogP contribution >= 0.6 is 12.2 Å². The molecule has 0 amide bonds. The lowest BCUT2D eigenvalue weighted by atomic mass is 9.65. The highest BCUT2D eigenvalue weighted by atomic mass is 32.1. The number of hydrogen-bond acceptors (Lipinski definition) is 3. The van der Waals surface area contributed by atoms with Crippen LogP contribution in [0.4, 0.5) is 5.69 Å². The third-order valence-electron chi connectivity index (χ3n) is 5.32. The fourth-order valence-electron chi connectivity index (χ4n) is 4.80. The Labute approximate surface area is 155 Å². The van der Waals surface area contributed by atoms with E-state index in [-0.39, 0.29) is 5.97 Å². The SMILES string of the molecule is CCOC(=O)c1ccc(NC(=S)N2CC3(C)CC2CC(C)(C)C3)cc1. The van der Waals surface area contributed by atoms with Gasteiger partial charge in [0.05, 0.1) is 12.2 Å². The molecule has 1 aliphatic heterocycles. The number of carbonyl (C=O) groups excluding carboxylic acids is 1. The third-order valence-corrected chi connectivity index (χ3v) is 5.66. The molecule has 1 aromatic carbocycles. The summed E-state index contributed by atoms with van der Waals surface area (Å²) in [6.45, 7) is 10.3. The molecule has 2 fully saturated rings. The molecule has 2 bridgehead atoms. The number of thiocarbonyl (C=S) groups is 1. The smallest absolute Gasteiger partial charge is 0.338 e. The van der Waals surface area contributed by atoms with Crippen LogP contribution in [0.2, 0.25) is 0 Å². The van der Waals surface area contributed by atoms with Gasteiger partial charge < -0.3 is 15.0 Å². The molecule has 1 heterocycles. The number of carbonyl (C=O) groups is 1. The first kappa shape index (κ1) is 18.2. The maximum atomic E-state index is 11.7. The highest BCUT2D eigenvalue weighted by molar-refractivity contribution is 7.80. The van der Waals surface area contributed by atoms with E-state index in [1.165, 1.54) is 19.3 Å². The zero-order chi connectivity index (χ0) is 18.2. The summed E-state index contributed by atoms with van der Waals surface area (Å²) >= 11 is 5.69. The first-order chi connectivity index (χ1) is 11.7. The average molecular weight is 361 g/mol. The van der Waals surface area contributed by atoms with Gasteiger partial charge in [-0.1, -0.05) is 20.8 Å². The lowest BCUT2D eigenvalue weighted by molar-refractivity contribution is 0.0526. The minimum Gasteiger partial charge on any atom is -0.462 e. The molecular formula is C20H28N2O2S. The van der Waals surface area contributed by atoms with E-state index >= 15 is 0 Å². The predicted molar refractivity (Wildman–Crippen MR) is 105 cm³/mol. The van der Waals surface area contributed by atoms with Crippen LogP contribution in [0.3, 0.4) is 0 Å². The zero-order valence-electron chi connectivity index (χ0n) is 15.6. The molecule has 1 saturated heterocycles. The molecule has 1 aliphatic carbocycles. The van der Waals surface area contributed by atoms with E-state index < -0.39 is 0 Å². The predicted octanol–water partition coefficient (Wildman–Crippen LogP) is 4.46. The van der Waals surface area contributed by atoms with E-state index in [0.29, 0.717) is 29.0 Å². The van der Waals surface area contributed by atoms with Gasteiger partial charge in [0.1, 0.15) is 0 Å². The van der Waals surface area contributed by atoms with Crippen LogP contribution < -0.4 is 5.32 Å². The molecule has 0 spiro atoms. The molecule has 5 heteroatoms. The quantitative estimate of drug-likeness (QED) is 0.637. The van der Waals surface area contributed by atoms with Crippen molar-refractivity contribution < 1.29 is 9.53 Å². The van der Waals surface area contributed by atoms with Crippen LogP contribution in [0, 0.1) is 10.8 Å². The number of esters is 1. The molecule has 1 aromatic rings. The van der Waals surface area contributed by atoms with Crippen molar-refractivity contribution in [2.24, 2.45) is 10.8 Å². The monoisotopic (exact) mass is 360 g/mol. The number of anilines is 1. The number of fused-ring (bicyclic) bond motifs is 2. The Morgan fingerprint density at radius 2 is 1.96 bits per heavy atom. The Bertz CT molecular complexity index is 671. The van der Waals surface area contributed by atoms with Gasteiger partial charge in [-0.05, 0) is 73.5 Å². The number of ether oxygens (including phenoxy) is 1. The summed E-state index contributed by atoms with van der Waals surface area (Å²) in [5, 5.41) is 4.13. The van der Waals surface area contributed by atoms with Gasteiger partial charge in [0.15, 0.2) is 5.11 Å². The second-order valence-corrected chi connectivity index (χ2v) is 8.96. The topological polar surface area (TPSA) is 41.6 Å². The first-order valence-electron chi connectivity index (χ1n) is 9.06. The third kappa shape index (κ3) is 3.97. The van der Waals surface area contributed by atoms with Crippen molar-refractivity contribution in [3.8, 4) is 0 Å². The summed E-state index contributed by atoms with van der Waals surface area (Å²) < 4.78 is 5.01. The molecule has 0 radical (unpaired) electrons. The molecule has 2 unspecified atom stereocenters. The van der Waals surface area contributed by atoms with Gasteiger partial charge in [-0.25, -0.2) is 4.79 Å². The van der Waals surface area contributed by atoms with Gasteiger partial charge in [0, 0.05) is 18.3 Å². The van der Waals surface area contributed by atoms with Crippen molar-refractivity contribution in [2.45, 2.75) is 53.0 Å². The molecule has 4 nitrogen and oxygen atoms in total. The Morgan fingerprint density at radius 3 is 2.60 bits per heavy atom. The molecule has 0 aromatic heterocycles. The van der Waals surface area contributed by atoms with E-state index in [2.05, 4.69) is 31.0 Å². The van der Waals surface area contributed by atoms with Crippen LogP contribution in [0.15, 0.2) is 24.3 Å². The van der Waals surface area contributed by atoms with Crippen molar-refractivity contribution in [1.82, 2.24) is 4.90 Å². The van der Waals surface area contributed by atoms with Gasteiger partial charge in [-0.2, -0.15) is 0 Å².